The zero-order valence-electron chi connectivity index (χ0n) is 18.5. The van der Waals surface area contributed by atoms with Gasteiger partial charge in [-0.3, -0.25) is 28.8 Å². The highest BCUT2D eigenvalue weighted by molar-refractivity contribution is 7.89. The Balaban J connectivity index is 0.000000560. The molecule has 0 spiro atoms. The molecule has 2 N–H and O–H groups in total. The average Bonchev–Trinajstić information content (AvgIpc) is 3.61. The van der Waals surface area contributed by atoms with E-state index in [1.807, 2.05) is 24.3 Å². The van der Waals surface area contributed by atoms with Gasteiger partial charge in [-0.05, 0) is 36.5 Å². The SMILES string of the molecule is C[S+](C)[O-].O=C(NN1C(=O)C2C3C=CC(C3)C2C1=O)C(=O)NN1C(=O)C2C3C=CC(C3)C2C1=O. The Kier molecular flexibility index (Phi) is 5.40. The smallest absolute Gasteiger partial charge is 0.330 e. The molecule has 8 atom stereocenters. The number of nitrogens with zero attached hydrogens (tertiary/aromatic N) is 2. The van der Waals surface area contributed by atoms with Crippen molar-refractivity contribution in [2.24, 2.45) is 47.3 Å². The number of hydrogen-bond acceptors (Lipinski definition) is 7. The maximum Gasteiger partial charge on any atom is 0.330 e. The van der Waals surface area contributed by atoms with E-state index in [-0.39, 0.29) is 23.7 Å². The van der Waals surface area contributed by atoms with Gasteiger partial charge in [0.05, 0.1) is 36.2 Å². The van der Waals surface area contributed by atoms with Gasteiger partial charge in [-0.1, -0.05) is 35.5 Å². The zero-order valence-corrected chi connectivity index (χ0v) is 19.3. The molecule has 0 radical (unpaired) electrons. The van der Waals surface area contributed by atoms with Crippen LogP contribution in [0.4, 0.5) is 0 Å². The topological polar surface area (TPSA) is 156 Å². The fourth-order valence-corrected chi connectivity index (χ4v) is 6.33. The molecule has 0 aromatic heterocycles. The Morgan fingerprint density at radius 3 is 1.18 bits per heavy atom. The van der Waals surface area contributed by atoms with E-state index >= 15 is 0 Å². The molecule has 2 aliphatic heterocycles. The second kappa shape index (κ2) is 8.05. The van der Waals surface area contributed by atoms with Crippen LogP contribution in [0, 0.1) is 47.3 Å². The van der Waals surface area contributed by atoms with Crippen molar-refractivity contribution in [2.75, 3.05) is 12.5 Å². The summed E-state index contributed by atoms with van der Waals surface area (Å²) >= 11 is -0.611. The first-order chi connectivity index (χ1) is 16.1. The molecule has 34 heavy (non-hydrogen) atoms. The Labute approximate surface area is 198 Å². The molecule has 2 saturated carbocycles. The molecule has 8 unspecified atom stereocenters. The van der Waals surface area contributed by atoms with Gasteiger partial charge in [-0.2, -0.15) is 10.0 Å². The molecule has 6 aliphatic rings. The highest BCUT2D eigenvalue weighted by Gasteiger charge is 2.61. The minimum absolute atomic E-state index is 0.0320. The number of imide groups is 2. The summed E-state index contributed by atoms with van der Waals surface area (Å²) in [5, 5.41) is 1.21. The van der Waals surface area contributed by atoms with Gasteiger partial charge in [0.15, 0.2) is 0 Å². The van der Waals surface area contributed by atoms with Crippen molar-refractivity contribution < 1.29 is 33.3 Å². The van der Waals surface area contributed by atoms with E-state index in [0.29, 0.717) is 10.0 Å². The quantitative estimate of drug-likeness (QED) is 0.211. The van der Waals surface area contributed by atoms with E-state index in [1.54, 1.807) is 12.5 Å². The molecule has 0 aromatic rings. The van der Waals surface area contributed by atoms with Crippen LogP contribution in [0.2, 0.25) is 0 Å². The first-order valence-electron chi connectivity index (χ1n) is 11.1. The molecule has 0 aromatic carbocycles. The predicted molar refractivity (Wildman–Crippen MR) is 115 cm³/mol. The second-order valence-electron chi connectivity index (χ2n) is 9.65. The van der Waals surface area contributed by atoms with Crippen LogP contribution in [0.1, 0.15) is 12.8 Å². The molecule has 4 bridgehead atoms. The minimum Gasteiger partial charge on any atom is -0.617 e. The van der Waals surface area contributed by atoms with Crippen molar-refractivity contribution >= 4 is 46.6 Å². The zero-order chi connectivity index (χ0) is 24.5. The number of hydrogen-bond donors (Lipinski definition) is 2. The van der Waals surface area contributed by atoms with E-state index in [0.717, 1.165) is 12.8 Å². The maximum absolute atomic E-state index is 12.6. The first-order valence-corrected chi connectivity index (χ1v) is 13.1. The van der Waals surface area contributed by atoms with E-state index in [2.05, 4.69) is 10.9 Å². The van der Waals surface area contributed by atoms with E-state index in [9.17, 15) is 33.3 Å². The molecule has 4 fully saturated rings. The van der Waals surface area contributed by atoms with E-state index < -0.39 is 70.3 Å². The highest BCUT2D eigenvalue weighted by Crippen LogP contribution is 2.53. The minimum atomic E-state index is -1.28. The third-order valence-electron chi connectivity index (χ3n) is 7.57. The van der Waals surface area contributed by atoms with E-state index in [1.165, 1.54) is 0 Å². The van der Waals surface area contributed by atoms with Gasteiger partial charge >= 0.3 is 11.8 Å². The number of rotatable bonds is 2. The second-order valence-corrected chi connectivity index (χ2v) is 11.1. The summed E-state index contributed by atoms with van der Waals surface area (Å²) in [6.07, 6.45) is 12.4. The van der Waals surface area contributed by atoms with Gasteiger partial charge in [-0.15, -0.1) is 0 Å². The summed E-state index contributed by atoms with van der Waals surface area (Å²) in [6, 6.07) is 0. The average molecular weight is 489 g/mol. The van der Waals surface area contributed by atoms with Crippen molar-refractivity contribution in [3.05, 3.63) is 24.3 Å². The molecular formula is C22H24N4O7S. The van der Waals surface area contributed by atoms with Crippen molar-refractivity contribution in [1.29, 1.82) is 0 Å². The van der Waals surface area contributed by atoms with Crippen LogP contribution in [0.25, 0.3) is 0 Å². The summed E-state index contributed by atoms with van der Waals surface area (Å²) in [4.78, 5) is 75.1. The van der Waals surface area contributed by atoms with Crippen molar-refractivity contribution in [1.82, 2.24) is 20.9 Å². The lowest BCUT2D eigenvalue weighted by atomic mass is 9.85. The molecule has 6 amide bonds. The van der Waals surface area contributed by atoms with Gasteiger partial charge < -0.3 is 4.55 Å². The Morgan fingerprint density at radius 2 is 0.941 bits per heavy atom. The van der Waals surface area contributed by atoms with E-state index in [4.69, 9.17) is 0 Å². The third kappa shape index (κ3) is 3.30. The largest absolute Gasteiger partial charge is 0.617 e. The highest BCUT2D eigenvalue weighted by atomic mass is 32.2. The lowest BCUT2D eigenvalue weighted by Gasteiger charge is -2.20. The first kappa shape index (κ1) is 22.8. The molecule has 4 aliphatic carbocycles. The monoisotopic (exact) mass is 488 g/mol. The summed E-state index contributed by atoms with van der Waals surface area (Å²) < 4.78 is 9.56. The number of fused-ring (bicyclic) bond motifs is 10. The van der Waals surface area contributed by atoms with Gasteiger partial charge in [0.1, 0.15) is 0 Å². The molecule has 2 heterocycles. The molecular weight excluding hydrogens is 464 g/mol. The molecule has 2 saturated heterocycles. The number of carbonyl (C=O) groups excluding carboxylic acids is 6. The molecule has 6 rings (SSSR count). The standard InChI is InChI=1S/C20H18N4O6.C2H6OS/c25-15(21-23-17(27)11-7-1-2-8(5-7)12(11)18(23)28)16(26)22-24-19(29)13-9-3-4-10(6-9)14(13)20(24)30;1-4(2)3/h1-4,7-14H,5-6H2,(H,21,25)(H,22,26);1-2H3. The van der Waals surface area contributed by atoms with Crippen LogP contribution >= 0.6 is 0 Å². The van der Waals surface area contributed by atoms with Crippen LogP contribution in [0.5, 0.6) is 0 Å². The van der Waals surface area contributed by atoms with Gasteiger partial charge in [-0.25, -0.2) is 10.9 Å². The van der Waals surface area contributed by atoms with Crippen LogP contribution in [-0.4, -0.2) is 62.5 Å². The van der Waals surface area contributed by atoms with Crippen molar-refractivity contribution in [3.8, 4) is 0 Å². The summed E-state index contributed by atoms with van der Waals surface area (Å²) in [6.45, 7) is 0. The van der Waals surface area contributed by atoms with Gasteiger partial charge in [0.25, 0.3) is 23.6 Å². The van der Waals surface area contributed by atoms with Gasteiger partial charge in [0, 0.05) is 0 Å². The number of amides is 6. The normalized spacial score (nSPS) is 38.0. The van der Waals surface area contributed by atoms with Crippen LogP contribution < -0.4 is 10.9 Å². The van der Waals surface area contributed by atoms with Crippen LogP contribution in [0.15, 0.2) is 24.3 Å². The van der Waals surface area contributed by atoms with Crippen LogP contribution in [0.3, 0.4) is 0 Å². The lowest BCUT2D eigenvalue weighted by molar-refractivity contribution is -0.157. The lowest BCUT2D eigenvalue weighted by Crippen LogP contribution is -2.56. The van der Waals surface area contributed by atoms with Crippen molar-refractivity contribution in [3.63, 3.8) is 0 Å². The maximum atomic E-state index is 12.6. The Bertz CT molecular complexity index is 929. The Hall–Kier alpha value is -2.99. The van der Waals surface area contributed by atoms with Gasteiger partial charge in [0.2, 0.25) is 0 Å². The van der Waals surface area contributed by atoms with Crippen molar-refractivity contribution in [2.45, 2.75) is 12.8 Å². The molecule has 12 heteroatoms. The van der Waals surface area contributed by atoms with Crippen LogP contribution in [-0.2, 0) is 39.9 Å². The fourth-order valence-electron chi connectivity index (χ4n) is 6.33. The molecule has 180 valence electrons. The number of hydrazine groups is 2. The fraction of sp³-hybridized carbons (Fsp3) is 0.545. The summed E-state index contributed by atoms with van der Waals surface area (Å²) in [5.41, 5.74) is 4.11. The predicted octanol–water partition coefficient (Wildman–Crippen LogP) is -1.34. The molecule has 11 nitrogen and oxygen atoms in total. The third-order valence-corrected chi connectivity index (χ3v) is 7.57. The number of carbonyl (C=O) groups is 6. The number of nitrogens with one attached hydrogen (secondary N) is 2. The summed E-state index contributed by atoms with van der Waals surface area (Å²) in [7, 11) is 0. The Morgan fingerprint density at radius 1 is 0.706 bits per heavy atom. The summed E-state index contributed by atoms with van der Waals surface area (Å²) in [5.74, 6) is -6.88. The number of allylic oxidation sites excluding steroid dienone is 4.